The number of nitrogens with one attached hydrogen (secondary N) is 1. The maximum atomic E-state index is 9.52. The van der Waals surface area contributed by atoms with Crippen LogP contribution in [-0.2, 0) is 0 Å². The average molecular weight is 287 g/mol. The van der Waals surface area contributed by atoms with Crippen LogP contribution in [-0.4, -0.2) is 23.5 Å². The van der Waals surface area contributed by atoms with Crippen LogP contribution in [0.2, 0.25) is 0 Å². The van der Waals surface area contributed by atoms with E-state index in [1.54, 1.807) is 11.8 Å². The lowest BCUT2D eigenvalue weighted by Gasteiger charge is -2.21. The topological polar surface area (TPSA) is 32.3 Å². The highest BCUT2D eigenvalue weighted by Gasteiger charge is 2.12. The van der Waals surface area contributed by atoms with Crippen molar-refractivity contribution in [1.82, 2.24) is 5.32 Å². The summed E-state index contributed by atoms with van der Waals surface area (Å²) in [5.74, 6) is 0.859. The highest BCUT2D eigenvalue weighted by Crippen LogP contribution is 2.19. The van der Waals surface area contributed by atoms with E-state index in [1.807, 2.05) is 36.4 Å². The third-order valence-corrected chi connectivity index (χ3v) is 4.37. The normalized spacial score (nSPS) is 13.9. The minimum Gasteiger partial charge on any atom is -0.395 e. The maximum absolute atomic E-state index is 9.52. The first kappa shape index (κ1) is 15.1. The number of thioether (sulfide) groups is 1. The molecular weight excluding hydrogens is 266 g/mol. The fourth-order valence-electron chi connectivity index (χ4n) is 2.06. The standard InChI is InChI=1S/C17H21NOS/c1-14(15-8-4-2-5-9-15)18-16(12-19)13-20-17-10-6-3-7-11-17/h2-11,14,16,18-19H,12-13H2,1H3/t14-,16+/m0/s1. The second-order valence-electron chi connectivity index (χ2n) is 4.80. The van der Waals surface area contributed by atoms with Crippen LogP contribution in [0.4, 0.5) is 0 Å². The van der Waals surface area contributed by atoms with Crippen LogP contribution in [0.25, 0.3) is 0 Å². The van der Waals surface area contributed by atoms with Gasteiger partial charge in [0.1, 0.15) is 0 Å². The predicted molar refractivity (Wildman–Crippen MR) is 86.0 cm³/mol. The summed E-state index contributed by atoms with van der Waals surface area (Å²) < 4.78 is 0. The number of hydrogen-bond donors (Lipinski definition) is 2. The summed E-state index contributed by atoms with van der Waals surface area (Å²) in [6.07, 6.45) is 0. The van der Waals surface area contributed by atoms with Gasteiger partial charge in [-0.1, -0.05) is 48.5 Å². The van der Waals surface area contributed by atoms with Gasteiger partial charge in [-0.25, -0.2) is 0 Å². The Morgan fingerprint density at radius 1 is 1.00 bits per heavy atom. The molecule has 0 aliphatic rings. The molecule has 0 fully saturated rings. The molecule has 0 aromatic heterocycles. The van der Waals surface area contributed by atoms with Crippen molar-refractivity contribution in [2.45, 2.75) is 23.9 Å². The second-order valence-corrected chi connectivity index (χ2v) is 5.90. The fraction of sp³-hybridized carbons (Fsp3) is 0.294. The van der Waals surface area contributed by atoms with Crippen molar-refractivity contribution in [3.63, 3.8) is 0 Å². The number of aliphatic hydroxyl groups excluding tert-OH is 1. The van der Waals surface area contributed by atoms with Gasteiger partial charge in [-0.3, -0.25) is 0 Å². The lowest BCUT2D eigenvalue weighted by atomic mass is 10.1. The molecule has 0 aliphatic heterocycles. The van der Waals surface area contributed by atoms with Gasteiger partial charge < -0.3 is 10.4 Å². The van der Waals surface area contributed by atoms with Crippen molar-refractivity contribution in [3.8, 4) is 0 Å². The smallest absolute Gasteiger partial charge is 0.0593 e. The van der Waals surface area contributed by atoms with E-state index in [-0.39, 0.29) is 18.7 Å². The molecule has 0 unspecified atom stereocenters. The van der Waals surface area contributed by atoms with E-state index < -0.39 is 0 Å². The Morgan fingerprint density at radius 3 is 2.20 bits per heavy atom. The van der Waals surface area contributed by atoms with Gasteiger partial charge in [-0.15, -0.1) is 11.8 Å². The molecule has 106 valence electrons. The molecule has 2 atom stereocenters. The van der Waals surface area contributed by atoms with Crippen molar-refractivity contribution < 1.29 is 5.11 Å². The summed E-state index contributed by atoms with van der Waals surface area (Å²) in [5, 5.41) is 13.0. The van der Waals surface area contributed by atoms with E-state index in [0.29, 0.717) is 0 Å². The number of hydrogen-bond acceptors (Lipinski definition) is 3. The van der Waals surface area contributed by atoms with Crippen molar-refractivity contribution in [3.05, 3.63) is 66.2 Å². The molecule has 2 aromatic rings. The molecule has 2 nitrogen and oxygen atoms in total. The van der Waals surface area contributed by atoms with Crippen molar-refractivity contribution in [2.24, 2.45) is 0 Å². The van der Waals surface area contributed by atoms with Crippen LogP contribution < -0.4 is 5.32 Å². The Bertz CT molecular complexity index is 489. The third kappa shape index (κ3) is 4.67. The molecule has 0 spiro atoms. The van der Waals surface area contributed by atoms with Crippen LogP contribution in [0.1, 0.15) is 18.5 Å². The van der Waals surface area contributed by atoms with Crippen LogP contribution in [0.15, 0.2) is 65.6 Å². The van der Waals surface area contributed by atoms with E-state index in [9.17, 15) is 5.11 Å². The molecule has 0 amide bonds. The largest absolute Gasteiger partial charge is 0.395 e. The Morgan fingerprint density at radius 2 is 1.60 bits per heavy atom. The van der Waals surface area contributed by atoms with Gasteiger partial charge in [0.2, 0.25) is 0 Å². The lowest BCUT2D eigenvalue weighted by Crippen LogP contribution is -2.36. The van der Waals surface area contributed by atoms with Gasteiger partial charge in [0.25, 0.3) is 0 Å². The average Bonchev–Trinajstić information content (AvgIpc) is 2.53. The van der Waals surface area contributed by atoms with Gasteiger partial charge in [0.05, 0.1) is 6.61 Å². The van der Waals surface area contributed by atoms with E-state index in [4.69, 9.17) is 0 Å². The Hall–Kier alpha value is -1.29. The molecule has 0 heterocycles. The molecule has 20 heavy (non-hydrogen) atoms. The van der Waals surface area contributed by atoms with Gasteiger partial charge in [-0.05, 0) is 24.6 Å². The molecule has 3 heteroatoms. The summed E-state index contributed by atoms with van der Waals surface area (Å²) in [5.41, 5.74) is 1.25. The quantitative estimate of drug-likeness (QED) is 0.765. The fourth-order valence-corrected chi connectivity index (χ4v) is 3.00. The summed E-state index contributed by atoms with van der Waals surface area (Å²) in [6.45, 7) is 2.28. The van der Waals surface area contributed by atoms with Crippen LogP contribution in [0.3, 0.4) is 0 Å². The molecule has 0 radical (unpaired) electrons. The number of benzene rings is 2. The van der Waals surface area contributed by atoms with Crippen LogP contribution in [0, 0.1) is 0 Å². The van der Waals surface area contributed by atoms with E-state index >= 15 is 0 Å². The second kappa shape index (κ2) is 8.10. The Labute approximate surface area is 125 Å². The van der Waals surface area contributed by atoms with Crippen molar-refractivity contribution in [1.29, 1.82) is 0 Å². The highest BCUT2D eigenvalue weighted by atomic mass is 32.2. The van der Waals surface area contributed by atoms with Crippen LogP contribution in [0.5, 0.6) is 0 Å². The summed E-state index contributed by atoms with van der Waals surface area (Å²) >= 11 is 1.77. The number of rotatable bonds is 7. The molecule has 0 saturated heterocycles. The van der Waals surface area contributed by atoms with E-state index in [0.717, 1.165) is 5.75 Å². The lowest BCUT2D eigenvalue weighted by molar-refractivity contribution is 0.245. The van der Waals surface area contributed by atoms with Gasteiger partial charge in [0, 0.05) is 22.7 Å². The molecule has 0 saturated carbocycles. The molecule has 0 bridgehead atoms. The minimum absolute atomic E-state index is 0.0930. The molecular formula is C17H21NOS. The molecule has 2 N–H and O–H groups in total. The monoisotopic (exact) mass is 287 g/mol. The summed E-state index contributed by atoms with van der Waals surface area (Å²) in [7, 11) is 0. The minimum atomic E-state index is 0.0930. The van der Waals surface area contributed by atoms with Crippen molar-refractivity contribution >= 4 is 11.8 Å². The first-order valence-electron chi connectivity index (χ1n) is 6.89. The van der Waals surface area contributed by atoms with Crippen molar-refractivity contribution in [2.75, 3.05) is 12.4 Å². The summed E-state index contributed by atoms with van der Waals surface area (Å²) in [4.78, 5) is 1.24. The van der Waals surface area contributed by atoms with E-state index in [1.165, 1.54) is 10.5 Å². The SMILES string of the molecule is C[C@H](N[C@H](CO)CSc1ccccc1)c1ccccc1. The van der Waals surface area contributed by atoms with Gasteiger partial charge >= 0.3 is 0 Å². The number of aliphatic hydroxyl groups is 1. The predicted octanol–water partition coefficient (Wildman–Crippen LogP) is 3.49. The summed E-state index contributed by atoms with van der Waals surface area (Å²) in [6, 6.07) is 20.9. The Kier molecular flexibility index (Phi) is 6.12. The molecule has 0 aliphatic carbocycles. The zero-order chi connectivity index (χ0) is 14.2. The first-order valence-corrected chi connectivity index (χ1v) is 7.88. The first-order chi connectivity index (χ1) is 9.79. The zero-order valence-electron chi connectivity index (χ0n) is 11.7. The maximum Gasteiger partial charge on any atom is 0.0593 e. The van der Waals surface area contributed by atoms with Gasteiger partial charge in [-0.2, -0.15) is 0 Å². The third-order valence-electron chi connectivity index (χ3n) is 3.20. The Balaban J connectivity index is 1.86. The highest BCUT2D eigenvalue weighted by molar-refractivity contribution is 7.99. The van der Waals surface area contributed by atoms with Gasteiger partial charge in [0.15, 0.2) is 0 Å². The zero-order valence-corrected chi connectivity index (χ0v) is 12.5. The molecule has 2 rings (SSSR count). The molecule has 2 aromatic carbocycles. The van der Waals surface area contributed by atoms with E-state index in [2.05, 4.69) is 36.5 Å². The van der Waals surface area contributed by atoms with Crippen LogP contribution >= 0.6 is 11.8 Å².